The Morgan fingerprint density at radius 3 is 2.24 bits per heavy atom. The molecule has 0 radical (unpaired) electrons. The van der Waals surface area contributed by atoms with Gasteiger partial charge in [0.05, 0.1) is 12.1 Å². The number of hydrogen-bond acceptors (Lipinski definition) is 2. The molecule has 0 aliphatic heterocycles. The van der Waals surface area contributed by atoms with Crippen molar-refractivity contribution in [3.63, 3.8) is 0 Å². The lowest BCUT2D eigenvalue weighted by atomic mass is 9.98. The molecule has 2 unspecified atom stereocenters. The first-order chi connectivity index (χ1) is 10.2. The van der Waals surface area contributed by atoms with Gasteiger partial charge in [0.25, 0.3) is 0 Å². The first-order valence-electron chi connectivity index (χ1n) is 7.46. The summed E-state index contributed by atoms with van der Waals surface area (Å²) in [4.78, 5) is 0. The summed E-state index contributed by atoms with van der Waals surface area (Å²) in [5.74, 6) is 0.214. The minimum absolute atomic E-state index is 0.0276. The smallest absolute Gasteiger partial charge is 0.123 e. The van der Waals surface area contributed by atoms with E-state index in [0.29, 0.717) is 12.5 Å². The fraction of sp³-hybridized carbons (Fsp3) is 0.333. The third-order valence-electron chi connectivity index (χ3n) is 4.03. The Hall–Kier alpha value is -1.71. The molecule has 1 aliphatic rings. The van der Waals surface area contributed by atoms with Crippen LogP contribution in [0.4, 0.5) is 4.39 Å². The molecular formula is C18H20FNO. The van der Waals surface area contributed by atoms with Gasteiger partial charge in [-0.1, -0.05) is 42.5 Å². The molecule has 0 heterocycles. The van der Waals surface area contributed by atoms with Crippen LogP contribution < -0.4 is 5.32 Å². The van der Waals surface area contributed by atoms with Gasteiger partial charge in [-0.05, 0) is 42.0 Å². The maximum absolute atomic E-state index is 13.1. The van der Waals surface area contributed by atoms with E-state index in [9.17, 15) is 9.50 Å². The van der Waals surface area contributed by atoms with Crippen LogP contribution in [0.3, 0.4) is 0 Å². The van der Waals surface area contributed by atoms with Crippen molar-refractivity contribution in [3.8, 4) is 0 Å². The highest BCUT2D eigenvalue weighted by Crippen LogP contribution is 2.32. The van der Waals surface area contributed by atoms with Crippen molar-refractivity contribution in [2.75, 3.05) is 6.54 Å². The molecule has 1 aliphatic carbocycles. The number of halogens is 1. The average Bonchev–Trinajstić information content (AvgIpc) is 3.35. The first-order valence-corrected chi connectivity index (χ1v) is 7.46. The van der Waals surface area contributed by atoms with E-state index in [-0.39, 0.29) is 18.0 Å². The lowest BCUT2D eigenvalue weighted by Crippen LogP contribution is -2.32. The van der Waals surface area contributed by atoms with E-state index in [2.05, 4.69) is 5.32 Å². The van der Waals surface area contributed by atoms with E-state index in [0.717, 1.165) is 24.0 Å². The number of hydrogen-bond donors (Lipinski definition) is 2. The zero-order valence-corrected chi connectivity index (χ0v) is 11.9. The van der Waals surface area contributed by atoms with Gasteiger partial charge in [0.2, 0.25) is 0 Å². The molecule has 2 aromatic rings. The Morgan fingerprint density at radius 1 is 1.00 bits per heavy atom. The normalized spacial score (nSPS) is 17.4. The molecule has 2 atom stereocenters. The zero-order valence-electron chi connectivity index (χ0n) is 11.9. The molecule has 0 bridgehead atoms. The summed E-state index contributed by atoms with van der Waals surface area (Å²) in [6.07, 6.45) is 1.95. The molecule has 1 fully saturated rings. The van der Waals surface area contributed by atoms with E-state index in [1.54, 1.807) is 12.1 Å². The van der Waals surface area contributed by atoms with Crippen LogP contribution in [-0.2, 0) is 0 Å². The van der Waals surface area contributed by atoms with Crippen molar-refractivity contribution in [2.24, 2.45) is 5.92 Å². The van der Waals surface area contributed by atoms with Gasteiger partial charge in [-0.25, -0.2) is 4.39 Å². The minimum Gasteiger partial charge on any atom is -0.392 e. The van der Waals surface area contributed by atoms with Crippen molar-refractivity contribution in [3.05, 3.63) is 71.5 Å². The number of aliphatic hydroxyl groups is 1. The Kier molecular flexibility index (Phi) is 4.32. The van der Waals surface area contributed by atoms with Gasteiger partial charge in [-0.3, -0.25) is 0 Å². The van der Waals surface area contributed by atoms with Crippen LogP contribution in [-0.4, -0.2) is 17.8 Å². The summed E-state index contributed by atoms with van der Waals surface area (Å²) >= 11 is 0. The number of rotatable bonds is 6. The molecule has 2 nitrogen and oxygen atoms in total. The summed E-state index contributed by atoms with van der Waals surface area (Å²) in [5, 5.41) is 13.5. The average molecular weight is 285 g/mol. The molecule has 0 amide bonds. The van der Waals surface area contributed by atoms with Crippen molar-refractivity contribution in [1.29, 1.82) is 0 Å². The van der Waals surface area contributed by atoms with Gasteiger partial charge in [0, 0.05) is 6.54 Å². The van der Waals surface area contributed by atoms with Crippen molar-refractivity contribution in [1.82, 2.24) is 5.32 Å². The SMILES string of the molecule is OC(CNC(c1ccccc1)c1ccc(F)cc1)C1CC1. The van der Waals surface area contributed by atoms with Crippen LogP contribution in [0, 0.1) is 11.7 Å². The molecule has 3 rings (SSSR count). The molecule has 1 saturated carbocycles. The van der Waals surface area contributed by atoms with E-state index >= 15 is 0 Å². The highest BCUT2D eigenvalue weighted by atomic mass is 19.1. The van der Waals surface area contributed by atoms with Gasteiger partial charge in [0.1, 0.15) is 5.82 Å². The summed E-state index contributed by atoms with van der Waals surface area (Å²) < 4.78 is 13.1. The Bertz CT molecular complexity index is 566. The topological polar surface area (TPSA) is 32.3 Å². The zero-order chi connectivity index (χ0) is 14.7. The number of aliphatic hydroxyl groups excluding tert-OH is 1. The largest absolute Gasteiger partial charge is 0.392 e. The molecular weight excluding hydrogens is 265 g/mol. The van der Waals surface area contributed by atoms with Crippen LogP contribution >= 0.6 is 0 Å². The fourth-order valence-corrected chi connectivity index (χ4v) is 2.62. The standard InChI is InChI=1S/C18H20FNO/c19-16-10-8-15(9-11-16)18(14-4-2-1-3-5-14)20-12-17(21)13-6-7-13/h1-5,8-11,13,17-18,20-21H,6-7,12H2. The van der Waals surface area contributed by atoms with Crippen LogP contribution in [0.25, 0.3) is 0 Å². The first kappa shape index (κ1) is 14.2. The molecule has 2 aromatic carbocycles. The Balaban J connectivity index is 1.78. The molecule has 110 valence electrons. The summed E-state index contributed by atoms with van der Waals surface area (Å²) in [6, 6.07) is 16.6. The molecule has 0 spiro atoms. The van der Waals surface area contributed by atoms with Gasteiger partial charge >= 0.3 is 0 Å². The van der Waals surface area contributed by atoms with Crippen molar-refractivity contribution < 1.29 is 9.50 Å². The molecule has 3 heteroatoms. The Labute approximate surface area is 124 Å². The predicted molar refractivity (Wildman–Crippen MR) is 81.4 cm³/mol. The highest BCUT2D eigenvalue weighted by Gasteiger charge is 2.30. The monoisotopic (exact) mass is 285 g/mol. The summed E-state index contributed by atoms with van der Waals surface area (Å²) in [5.41, 5.74) is 2.12. The van der Waals surface area contributed by atoms with Gasteiger partial charge in [-0.15, -0.1) is 0 Å². The van der Waals surface area contributed by atoms with Crippen LogP contribution in [0.1, 0.15) is 30.0 Å². The summed E-state index contributed by atoms with van der Waals surface area (Å²) in [7, 11) is 0. The summed E-state index contributed by atoms with van der Waals surface area (Å²) in [6.45, 7) is 0.557. The lowest BCUT2D eigenvalue weighted by Gasteiger charge is -2.22. The third kappa shape index (κ3) is 3.69. The predicted octanol–water partition coefficient (Wildman–Crippen LogP) is 3.28. The van der Waals surface area contributed by atoms with Crippen LogP contribution in [0.2, 0.25) is 0 Å². The van der Waals surface area contributed by atoms with Crippen LogP contribution in [0.5, 0.6) is 0 Å². The third-order valence-corrected chi connectivity index (χ3v) is 4.03. The second kappa shape index (κ2) is 6.37. The van der Waals surface area contributed by atoms with E-state index in [1.165, 1.54) is 12.1 Å². The van der Waals surface area contributed by atoms with Crippen molar-refractivity contribution >= 4 is 0 Å². The van der Waals surface area contributed by atoms with Gasteiger partial charge in [-0.2, -0.15) is 0 Å². The highest BCUT2D eigenvalue weighted by molar-refractivity contribution is 5.31. The maximum Gasteiger partial charge on any atom is 0.123 e. The maximum atomic E-state index is 13.1. The van der Waals surface area contributed by atoms with E-state index in [4.69, 9.17) is 0 Å². The molecule has 2 N–H and O–H groups in total. The second-order valence-electron chi connectivity index (χ2n) is 5.71. The molecule has 21 heavy (non-hydrogen) atoms. The minimum atomic E-state index is -0.295. The quantitative estimate of drug-likeness (QED) is 0.853. The molecule has 0 saturated heterocycles. The number of nitrogens with one attached hydrogen (secondary N) is 1. The van der Waals surface area contributed by atoms with Gasteiger partial charge in [0.15, 0.2) is 0 Å². The van der Waals surface area contributed by atoms with Crippen LogP contribution in [0.15, 0.2) is 54.6 Å². The lowest BCUT2D eigenvalue weighted by molar-refractivity contribution is 0.146. The second-order valence-corrected chi connectivity index (χ2v) is 5.71. The number of benzene rings is 2. The van der Waals surface area contributed by atoms with E-state index in [1.807, 2.05) is 30.3 Å². The fourth-order valence-electron chi connectivity index (χ4n) is 2.62. The van der Waals surface area contributed by atoms with E-state index < -0.39 is 0 Å². The van der Waals surface area contributed by atoms with Crippen molar-refractivity contribution in [2.45, 2.75) is 25.0 Å². The Morgan fingerprint density at radius 2 is 1.62 bits per heavy atom. The molecule has 0 aromatic heterocycles. The van der Waals surface area contributed by atoms with Gasteiger partial charge < -0.3 is 10.4 Å².